The van der Waals surface area contributed by atoms with E-state index in [0.717, 1.165) is 0 Å². The molecule has 0 bridgehead atoms. The Balaban J connectivity index is 5.66. The maximum absolute atomic E-state index is 13.0. The number of hydrogen-bond acceptors (Lipinski definition) is 7. The lowest BCUT2D eigenvalue weighted by molar-refractivity contribution is -0.143. The summed E-state index contributed by atoms with van der Waals surface area (Å²) in [5, 5.41) is 16.8. The molecule has 0 aromatic rings. The molecule has 0 heterocycles. The van der Waals surface area contributed by atoms with Gasteiger partial charge in [0.2, 0.25) is 23.6 Å². The number of aliphatic imine (C=N–C) groups is 1. The molecule has 0 rings (SSSR count). The Morgan fingerprint density at radius 3 is 1.75 bits per heavy atom. The minimum atomic E-state index is -1.38. The number of guanidine groups is 1. The van der Waals surface area contributed by atoms with Crippen molar-refractivity contribution >= 4 is 35.6 Å². The van der Waals surface area contributed by atoms with Crippen LogP contribution in [0.15, 0.2) is 4.99 Å². The van der Waals surface area contributed by atoms with Crippen LogP contribution in [0.4, 0.5) is 0 Å². The highest BCUT2D eigenvalue weighted by atomic mass is 16.4. The van der Waals surface area contributed by atoms with E-state index in [-0.39, 0.29) is 43.6 Å². The van der Waals surface area contributed by atoms with Crippen molar-refractivity contribution < 1.29 is 29.1 Å². The minimum absolute atomic E-state index is 0.0217. The summed E-state index contributed by atoms with van der Waals surface area (Å²) in [6, 6.07) is -4.67. The minimum Gasteiger partial charge on any atom is -0.480 e. The van der Waals surface area contributed by atoms with Gasteiger partial charge >= 0.3 is 5.97 Å². The highest BCUT2D eigenvalue weighted by Crippen LogP contribution is 2.08. The van der Waals surface area contributed by atoms with Crippen LogP contribution in [0.5, 0.6) is 0 Å². The zero-order valence-corrected chi connectivity index (χ0v) is 21.5. The van der Waals surface area contributed by atoms with Gasteiger partial charge in [0.15, 0.2) is 5.96 Å². The molecule has 36 heavy (non-hydrogen) atoms. The Kier molecular flexibility index (Phi) is 14.7. The zero-order valence-electron chi connectivity index (χ0n) is 21.5. The second kappa shape index (κ2) is 16.3. The average Bonchev–Trinajstić information content (AvgIpc) is 2.73. The maximum atomic E-state index is 13.0. The van der Waals surface area contributed by atoms with Gasteiger partial charge in [0.1, 0.15) is 18.1 Å². The van der Waals surface area contributed by atoms with Crippen LogP contribution in [0.3, 0.4) is 0 Å². The van der Waals surface area contributed by atoms with Crippen LogP contribution in [0, 0.1) is 11.8 Å². The molecular formula is C22H42N8O6. The Morgan fingerprint density at radius 2 is 1.28 bits per heavy atom. The largest absolute Gasteiger partial charge is 0.480 e. The van der Waals surface area contributed by atoms with Gasteiger partial charge in [-0.05, 0) is 37.5 Å². The van der Waals surface area contributed by atoms with Gasteiger partial charge in [0, 0.05) is 6.54 Å². The number of amides is 4. The molecular weight excluding hydrogens is 472 g/mol. The van der Waals surface area contributed by atoms with Gasteiger partial charge < -0.3 is 44.0 Å². The SMILES string of the molecule is CC(C)CC(N)C(=O)NC(CC(N)=O)C(=O)NC(CCCN=C(N)N)C(=O)NC(CC(C)C)C(=O)O. The smallest absolute Gasteiger partial charge is 0.326 e. The topological polar surface area (TPSA) is 258 Å². The van der Waals surface area contributed by atoms with E-state index in [1.54, 1.807) is 13.8 Å². The van der Waals surface area contributed by atoms with Crippen molar-refractivity contribution in [2.75, 3.05) is 6.54 Å². The molecule has 12 N–H and O–H groups in total. The van der Waals surface area contributed by atoms with Crippen LogP contribution in [0.1, 0.15) is 59.8 Å². The van der Waals surface area contributed by atoms with Crippen molar-refractivity contribution in [1.82, 2.24) is 16.0 Å². The molecule has 4 amide bonds. The van der Waals surface area contributed by atoms with Crippen molar-refractivity contribution in [3.63, 3.8) is 0 Å². The third kappa shape index (κ3) is 14.1. The Labute approximate surface area is 211 Å². The molecule has 4 atom stereocenters. The highest BCUT2D eigenvalue weighted by molar-refractivity contribution is 5.96. The Hall–Kier alpha value is -3.42. The molecule has 0 fully saturated rings. The van der Waals surface area contributed by atoms with E-state index in [9.17, 15) is 29.1 Å². The van der Waals surface area contributed by atoms with E-state index in [2.05, 4.69) is 20.9 Å². The normalized spacial score (nSPS) is 14.3. The number of nitrogens with zero attached hydrogens (tertiary/aromatic N) is 1. The second-order valence-electron chi connectivity index (χ2n) is 9.51. The lowest BCUT2D eigenvalue weighted by Gasteiger charge is -2.25. The third-order valence-corrected chi connectivity index (χ3v) is 5.00. The molecule has 0 aromatic heterocycles. The van der Waals surface area contributed by atoms with E-state index in [4.69, 9.17) is 22.9 Å². The molecule has 0 aromatic carbocycles. The molecule has 0 aliphatic rings. The summed E-state index contributed by atoms with van der Waals surface area (Å²) < 4.78 is 0. The Bertz CT molecular complexity index is 797. The molecule has 0 saturated carbocycles. The fourth-order valence-corrected chi connectivity index (χ4v) is 3.31. The monoisotopic (exact) mass is 514 g/mol. The number of carboxylic acids is 1. The predicted molar refractivity (Wildman–Crippen MR) is 134 cm³/mol. The standard InChI is InChI=1S/C22H42N8O6/c1-11(2)8-13(23)18(32)29-15(10-17(24)31)20(34)28-14(6-5-7-27-22(25)26)19(33)30-16(21(35)36)9-12(3)4/h11-16H,5-10,23H2,1-4H3,(H2,24,31)(H,28,34)(H,29,32)(H,30,33)(H,35,36)(H4,25,26,27). The zero-order chi connectivity index (χ0) is 28.0. The number of hydrogen-bond donors (Lipinski definition) is 8. The number of nitrogens with one attached hydrogen (secondary N) is 3. The first-order valence-corrected chi connectivity index (χ1v) is 11.9. The van der Waals surface area contributed by atoms with E-state index in [0.29, 0.717) is 6.42 Å². The second-order valence-corrected chi connectivity index (χ2v) is 9.51. The van der Waals surface area contributed by atoms with Gasteiger partial charge in [-0.3, -0.25) is 24.2 Å². The van der Waals surface area contributed by atoms with Crippen molar-refractivity contribution in [2.45, 2.75) is 84.0 Å². The molecule has 14 heteroatoms. The number of carbonyl (C=O) groups excluding carboxylic acids is 4. The van der Waals surface area contributed by atoms with Crippen molar-refractivity contribution in [3.8, 4) is 0 Å². The van der Waals surface area contributed by atoms with Crippen LogP contribution >= 0.6 is 0 Å². The molecule has 206 valence electrons. The summed E-state index contributed by atoms with van der Waals surface area (Å²) in [5.74, 6) is -4.39. The summed E-state index contributed by atoms with van der Waals surface area (Å²) >= 11 is 0. The number of nitrogens with two attached hydrogens (primary N) is 4. The Morgan fingerprint density at radius 1 is 0.778 bits per heavy atom. The summed E-state index contributed by atoms with van der Waals surface area (Å²) in [6.45, 7) is 7.50. The summed E-state index contributed by atoms with van der Waals surface area (Å²) in [5.41, 5.74) is 21.7. The number of carboxylic acid groups (broad SMARTS) is 1. The highest BCUT2D eigenvalue weighted by Gasteiger charge is 2.31. The number of rotatable bonds is 17. The lowest BCUT2D eigenvalue weighted by atomic mass is 10.0. The van der Waals surface area contributed by atoms with Gasteiger partial charge in [0.25, 0.3) is 0 Å². The maximum Gasteiger partial charge on any atom is 0.326 e. The first kappa shape index (κ1) is 32.6. The van der Waals surface area contributed by atoms with Crippen LogP contribution in [0.25, 0.3) is 0 Å². The molecule has 0 saturated heterocycles. The van der Waals surface area contributed by atoms with E-state index in [1.807, 2.05) is 13.8 Å². The first-order valence-electron chi connectivity index (χ1n) is 11.9. The van der Waals surface area contributed by atoms with Gasteiger partial charge in [-0.2, -0.15) is 0 Å². The van der Waals surface area contributed by atoms with Gasteiger partial charge in [-0.15, -0.1) is 0 Å². The molecule has 14 nitrogen and oxygen atoms in total. The summed E-state index contributed by atoms with van der Waals surface area (Å²) in [6.07, 6.45) is 0.305. The number of aliphatic carboxylic acids is 1. The van der Waals surface area contributed by atoms with Crippen LogP contribution in [0.2, 0.25) is 0 Å². The number of carbonyl (C=O) groups is 5. The van der Waals surface area contributed by atoms with Crippen LogP contribution in [-0.2, 0) is 24.0 Å². The average molecular weight is 515 g/mol. The first-order chi connectivity index (χ1) is 16.6. The van der Waals surface area contributed by atoms with E-state index < -0.39 is 60.2 Å². The predicted octanol–water partition coefficient (Wildman–Crippen LogP) is -2.13. The fraction of sp³-hybridized carbons (Fsp3) is 0.727. The molecule has 0 aliphatic heterocycles. The van der Waals surface area contributed by atoms with Crippen LogP contribution < -0.4 is 38.9 Å². The summed E-state index contributed by atoms with van der Waals surface area (Å²) in [4.78, 5) is 65.3. The van der Waals surface area contributed by atoms with Crippen molar-refractivity contribution in [3.05, 3.63) is 0 Å². The van der Waals surface area contributed by atoms with Gasteiger partial charge in [-0.25, -0.2) is 4.79 Å². The van der Waals surface area contributed by atoms with Gasteiger partial charge in [-0.1, -0.05) is 27.7 Å². The van der Waals surface area contributed by atoms with E-state index >= 15 is 0 Å². The van der Waals surface area contributed by atoms with Gasteiger partial charge in [0.05, 0.1) is 12.5 Å². The fourth-order valence-electron chi connectivity index (χ4n) is 3.31. The van der Waals surface area contributed by atoms with Crippen molar-refractivity contribution in [1.29, 1.82) is 0 Å². The molecule has 0 spiro atoms. The lowest BCUT2D eigenvalue weighted by Crippen LogP contribution is -2.57. The third-order valence-electron chi connectivity index (χ3n) is 5.00. The number of primary amides is 1. The van der Waals surface area contributed by atoms with E-state index in [1.165, 1.54) is 0 Å². The van der Waals surface area contributed by atoms with Crippen molar-refractivity contribution in [2.24, 2.45) is 39.8 Å². The molecule has 4 unspecified atom stereocenters. The molecule has 0 aliphatic carbocycles. The van der Waals surface area contributed by atoms with Crippen LogP contribution in [-0.4, -0.2) is 71.4 Å². The molecule has 0 radical (unpaired) electrons. The summed E-state index contributed by atoms with van der Waals surface area (Å²) in [7, 11) is 0. The quantitative estimate of drug-likeness (QED) is 0.0598.